The second-order valence-electron chi connectivity index (χ2n) is 5.49. The normalized spacial score (nSPS) is 11.0. The van der Waals surface area contributed by atoms with Gasteiger partial charge in [0, 0.05) is 17.3 Å². The minimum atomic E-state index is -0.247. The zero-order chi connectivity index (χ0) is 17.4. The Labute approximate surface area is 147 Å². The number of benzene rings is 1. The summed E-state index contributed by atoms with van der Waals surface area (Å²) in [6, 6.07) is 5.28. The van der Waals surface area contributed by atoms with Crippen LogP contribution in [0.2, 0.25) is 5.02 Å². The molecule has 2 heterocycles. The number of nitrogens with zero attached hydrogens (tertiary/aromatic N) is 2. The lowest BCUT2D eigenvalue weighted by molar-refractivity contribution is 0.103. The topological polar surface area (TPSA) is 64.0 Å². The average molecular weight is 362 g/mol. The molecule has 1 N–H and O–H groups in total. The fraction of sp³-hybridized carbons (Fsp3) is 0.235. The summed E-state index contributed by atoms with van der Waals surface area (Å²) in [5.41, 5.74) is 2.12. The number of carbonyl (C=O) groups excluding carboxylic acids is 1. The predicted molar refractivity (Wildman–Crippen MR) is 98.4 cm³/mol. The summed E-state index contributed by atoms with van der Waals surface area (Å²) in [5, 5.41) is 4.01. The van der Waals surface area contributed by atoms with Crippen molar-refractivity contribution in [1.29, 1.82) is 0 Å². The number of fused-ring (bicyclic) bond motifs is 1. The number of anilines is 1. The molecule has 3 aromatic rings. The first-order chi connectivity index (χ1) is 11.4. The van der Waals surface area contributed by atoms with Crippen molar-refractivity contribution < 1.29 is 4.79 Å². The molecule has 24 heavy (non-hydrogen) atoms. The van der Waals surface area contributed by atoms with Crippen molar-refractivity contribution >= 4 is 44.7 Å². The molecular formula is C17H16ClN3O2S. The van der Waals surface area contributed by atoms with Crippen LogP contribution in [0.1, 0.15) is 27.7 Å². The number of halogens is 1. The van der Waals surface area contributed by atoms with Gasteiger partial charge in [-0.25, -0.2) is 4.98 Å². The molecule has 3 rings (SSSR count). The van der Waals surface area contributed by atoms with Gasteiger partial charge in [0.25, 0.3) is 11.5 Å². The van der Waals surface area contributed by atoms with Gasteiger partial charge in [0.2, 0.25) is 0 Å². The largest absolute Gasteiger partial charge is 0.321 e. The fourth-order valence-corrected chi connectivity index (χ4v) is 3.81. The van der Waals surface area contributed by atoms with Crippen LogP contribution in [-0.2, 0) is 6.54 Å². The molecule has 124 valence electrons. The van der Waals surface area contributed by atoms with E-state index in [4.69, 9.17) is 11.6 Å². The zero-order valence-electron chi connectivity index (χ0n) is 13.5. The highest BCUT2D eigenvalue weighted by Crippen LogP contribution is 2.28. The van der Waals surface area contributed by atoms with Gasteiger partial charge in [0.1, 0.15) is 4.83 Å². The first kappa shape index (κ1) is 16.7. The minimum absolute atomic E-state index is 0.113. The number of carbonyl (C=O) groups is 1. The van der Waals surface area contributed by atoms with E-state index in [-0.39, 0.29) is 11.5 Å². The molecular weight excluding hydrogens is 346 g/mol. The molecule has 0 aliphatic heterocycles. The number of hydrogen-bond donors (Lipinski definition) is 1. The van der Waals surface area contributed by atoms with Crippen molar-refractivity contribution in [2.24, 2.45) is 0 Å². The molecule has 1 amide bonds. The standard InChI is InChI=1S/C17H16ClN3O2S/c1-4-21-8-19-16-13(17(21)23)10(3)14(24-16)15(22)20-12-6-5-11(18)7-9(12)2/h5-8H,4H2,1-3H3,(H,20,22). The summed E-state index contributed by atoms with van der Waals surface area (Å²) in [4.78, 5) is 30.5. The molecule has 2 aromatic heterocycles. The molecule has 0 atom stereocenters. The molecule has 0 radical (unpaired) electrons. The Kier molecular flexibility index (Phi) is 4.43. The Morgan fingerprint density at radius 3 is 2.79 bits per heavy atom. The summed E-state index contributed by atoms with van der Waals surface area (Å²) in [6.07, 6.45) is 1.52. The van der Waals surface area contributed by atoms with Gasteiger partial charge in [-0.15, -0.1) is 11.3 Å². The van der Waals surface area contributed by atoms with Crippen LogP contribution in [0, 0.1) is 13.8 Å². The fourth-order valence-electron chi connectivity index (χ4n) is 2.55. The smallest absolute Gasteiger partial charge is 0.266 e. The highest BCUT2D eigenvalue weighted by Gasteiger charge is 2.19. The Balaban J connectivity index is 2.03. The van der Waals surface area contributed by atoms with E-state index in [1.54, 1.807) is 25.1 Å². The Morgan fingerprint density at radius 1 is 1.38 bits per heavy atom. The van der Waals surface area contributed by atoms with E-state index in [1.807, 2.05) is 13.8 Å². The first-order valence-electron chi connectivity index (χ1n) is 7.48. The van der Waals surface area contributed by atoms with Crippen LogP contribution in [0.4, 0.5) is 5.69 Å². The van der Waals surface area contributed by atoms with E-state index in [1.165, 1.54) is 22.2 Å². The first-order valence-corrected chi connectivity index (χ1v) is 8.67. The van der Waals surface area contributed by atoms with Crippen molar-refractivity contribution in [2.45, 2.75) is 27.3 Å². The van der Waals surface area contributed by atoms with Crippen molar-refractivity contribution in [3.05, 3.63) is 55.9 Å². The molecule has 0 unspecified atom stereocenters. The summed E-state index contributed by atoms with van der Waals surface area (Å²) < 4.78 is 1.53. The van der Waals surface area contributed by atoms with Crippen LogP contribution in [0.15, 0.2) is 29.3 Å². The van der Waals surface area contributed by atoms with Gasteiger partial charge in [-0.05, 0) is 50.1 Å². The number of hydrogen-bond acceptors (Lipinski definition) is 4. The van der Waals surface area contributed by atoms with Crippen LogP contribution in [0.5, 0.6) is 0 Å². The number of aryl methyl sites for hydroxylation is 3. The van der Waals surface area contributed by atoms with E-state index in [0.29, 0.717) is 37.9 Å². The number of thiophene rings is 1. The highest BCUT2D eigenvalue weighted by molar-refractivity contribution is 7.20. The third kappa shape index (κ3) is 2.83. The van der Waals surface area contributed by atoms with Crippen LogP contribution >= 0.6 is 22.9 Å². The Morgan fingerprint density at radius 2 is 2.12 bits per heavy atom. The van der Waals surface area contributed by atoms with Crippen LogP contribution in [-0.4, -0.2) is 15.5 Å². The van der Waals surface area contributed by atoms with Crippen LogP contribution in [0.3, 0.4) is 0 Å². The minimum Gasteiger partial charge on any atom is -0.321 e. The third-order valence-electron chi connectivity index (χ3n) is 3.90. The maximum absolute atomic E-state index is 12.6. The zero-order valence-corrected chi connectivity index (χ0v) is 15.1. The predicted octanol–water partition coefficient (Wildman–Crippen LogP) is 4.00. The maximum Gasteiger partial charge on any atom is 0.266 e. The highest BCUT2D eigenvalue weighted by atomic mass is 35.5. The number of nitrogens with one attached hydrogen (secondary N) is 1. The molecule has 0 aliphatic carbocycles. The van der Waals surface area contributed by atoms with Gasteiger partial charge in [0.15, 0.2) is 0 Å². The molecule has 0 bridgehead atoms. The van der Waals surface area contributed by atoms with Crippen molar-refractivity contribution in [3.8, 4) is 0 Å². The SMILES string of the molecule is CCn1cnc2sc(C(=O)Nc3ccc(Cl)cc3C)c(C)c2c1=O. The quantitative estimate of drug-likeness (QED) is 0.766. The molecule has 7 heteroatoms. The van der Waals surface area contributed by atoms with Crippen molar-refractivity contribution in [3.63, 3.8) is 0 Å². The molecule has 0 spiro atoms. The Hall–Kier alpha value is -2.18. The molecule has 1 aromatic carbocycles. The lowest BCUT2D eigenvalue weighted by atomic mass is 10.2. The number of aromatic nitrogens is 2. The van der Waals surface area contributed by atoms with Gasteiger partial charge in [-0.3, -0.25) is 14.2 Å². The van der Waals surface area contributed by atoms with E-state index in [0.717, 1.165) is 5.56 Å². The Bertz CT molecular complexity index is 1010. The van der Waals surface area contributed by atoms with E-state index < -0.39 is 0 Å². The van der Waals surface area contributed by atoms with Crippen molar-refractivity contribution in [1.82, 2.24) is 9.55 Å². The van der Waals surface area contributed by atoms with Gasteiger partial charge in [-0.1, -0.05) is 11.6 Å². The molecule has 0 saturated heterocycles. The average Bonchev–Trinajstić information content (AvgIpc) is 2.88. The monoisotopic (exact) mass is 361 g/mol. The van der Waals surface area contributed by atoms with Gasteiger partial charge in [0.05, 0.1) is 16.6 Å². The maximum atomic E-state index is 12.6. The second-order valence-corrected chi connectivity index (χ2v) is 6.92. The van der Waals surface area contributed by atoms with E-state index in [2.05, 4.69) is 10.3 Å². The molecule has 0 saturated carbocycles. The van der Waals surface area contributed by atoms with Gasteiger partial charge in [-0.2, -0.15) is 0 Å². The second kappa shape index (κ2) is 6.37. The van der Waals surface area contributed by atoms with Gasteiger partial charge >= 0.3 is 0 Å². The third-order valence-corrected chi connectivity index (χ3v) is 5.33. The summed E-state index contributed by atoms with van der Waals surface area (Å²) in [5.74, 6) is -0.247. The van der Waals surface area contributed by atoms with E-state index >= 15 is 0 Å². The molecule has 5 nitrogen and oxygen atoms in total. The number of rotatable bonds is 3. The van der Waals surface area contributed by atoms with Crippen LogP contribution in [0.25, 0.3) is 10.2 Å². The van der Waals surface area contributed by atoms with E-state index in [9.17, 15) is 9.59 Å². The summed E-state index contributed by atoms with van der Waals surface area (Å²) in [7, 11) is 0. The van der Waals surface area contributed by atoms with Gasteiger partial charge < -0.3 is 5.32 Å². The lowest BCUT2D eigenvalue weighted by Gasteiger charge is -2.08. The summed E-state index contributed by atoms with van der Waals surface area (Å²) in [6.45, 7) is 6.09. The molecule has 0 fully saturated rings. The van der Waals surface area contributed by atoms with Crippen molar-refractivity contribution in [2.75, 3.05) is 5.32 Å². The van der Waals surface area contributed by atoms with Crippen LogP contribution < -0.4 is 10.9 Å². The lowest BCUT2D eigenvalue weighted by Crippen LogP contribution is -2.19. The summed E-state index contributed by atoms with van der Waals surface area (Å²) >= 11 is 7.17. The number of amides is 1. The molecule has 0 aliphatic rings.